The second-order valence-corrected chi connectivity index (χ2v) is 11.6. The number of amides is 2. The summed E-state index contributed by atoms with van der Waals surface area (Å²) >= 11 is 0. The summed E-state index contributed by atoms with van der Waals surface area (Å²) < 4.78 is 10.9. The molecule has 2 amide bonds. The fourth-order valence-corrected chi connectivity index (χ4v) is 4.89. The van der Waals surface area contributed by atoms with Crippen LogP contribution in [-0.2, 0) is 22.6 Å². The second-order valence-electron chi connectivity index (χ2n) is 11.6. The highest BCUT2D eigenvalue weighted by Gasteiger charge is 2.08. The number of hydrogen-bond donors (Lipinski definition) is 4. The van der Waals surface area contributed by atoms with Crippen LogP contribution in [0.2, 0.25) is 0 Å². The van der Waals surface area contributed by atoms with E-state index in [1.807, 2.05) is 12.1 Å². The maximum atomic E-state index is 12.2. The number of nitriles is 2. The number of nitrogens with zero attached hydrogens (tertiary/aromatic N) is 5. The van der Waals surface area contributed by atoms with Crippen LogP contribution in [0.15, 0.2) is 131 Å². The Labute approximate surface area is 327 Å². The predicted octanol–water partition coefficient (Wildman–Crippen LogP) is 6.45. The molecule has 4 N–H and O–H groups in total. The molecule has 0 aliphatic heterocycles. The van der Waals surface area contributed by atoms with E-state index in [1.54, 1.807) is 117 Å². The molecule has 0 aliphatic rings. The van der Waals surface area contributed by atoms with Gasteiger partial charge in [-0.3, -0.25) is 20.2 Å². The molecule has 4 aromatic carbocycles. The Morgan fingerprint density at radius 2 is 1.21 bits per heavy atom. The van der Waals surface area contributed by atoms with Crippen LogP contribution in [0.25, 0.3) is 22.5 Å². The van der Waals surface area contributed by atoms with E-state index in [0.29, 0.717) is 40.5 Å². The van der Waals surface area contributed by atoms with Crippen molar-refractivity contribution in [1.29, 1.82) is 10.5 Å². The quantitative estimate of drug-likeness (QED) is 0.125. The molecule has 0 radical (unpaired) electrons. The topological polar surface area (TPSA) is 225 Å². The van der Waals surface area contributed by atoms with Crippen LogP contribution >= 0.6 is 0 Å². The number of rotatable bonds is 9. The van der Waals surface area contributed by atoms with Crippen LogP contribution in [0.1, 0.15) is 36.1 Å². The molecule has 6 rings (SSSR count). The van der Waals surface area contributed by atoms with Gasteiger partial charge in [-0.15, -0.1) is 0 Å². The molecule has 0 aliphatic carbocycles. The van der Waals surface area contributed by atoms with Gasteiger partial charge in [-0.2, -0.15) is 20.7 Å². The zero-order chi connectivity index (χ0) is 41.0. The van der Waals surface area contributed by atoms with Crippen molar-refractivity contribution in [3.63, 3.8) is 0 Å². The van der Waals surface area contributed by atoms with Crippen LogP contribution in [0.3, 0.4) is 0 Å². The molecule has 6 aromatic rings. The summed E-state index contributed by atoms with van der Waals surface area (Å²) in [6.07, 6.45) is -1.01. The third-order valence-corrected chi connectivity index (χ3v) is 7.58. The fourth-order valence-electron chi connectivity index (χ4n) is 4.89. The highest BCUT2D eigenvalue weighted by molar-refractivity contribution is 5.85. The molecule has 57 heavy (non-hydrogen) atoms. The Bertz CT molecular complexity index is 2450. The van der Waals surface area contributed by atoms with Crippen molar-refractivity contribution >= 4 is 23.6 Å². The van der Waals surface area contributed by atoms with Crippen LogP contribution in [0, 0.1) is 22.7 Å². The monoisotopic (exact) mass is 766 g/mol. The first-order valence-corrected chi connectivity index (χ1v) is 17.5. The van der Waals surface area contributed by atoms with Gasteiger partial charge in [0.1, 0.15) is 0 Å². The minimum absolute atomic E-state index is 0.0433. The zero-order valence-electron chi connectivity index (χ0n) is 31.0. The van der Waals surface area contributed by atoms with Gasteiger partial charge in [0.05, 0.1) is 61.0 Å². The van der Waals surface area contributed by atoms with Gasteiger partial charge in [0.15, 0.2) is 0 Å². The van der Waals surface area contributed by atoms with Crippen LogP contribution in [-0.4, -0.2) is 50.5 Å². The van der Waals surface area contributed by atoms with E-state index in [-0.39, 0.29) is 30.9 Å². The largest absolute Gasteiger partial charge is 0.450 e. The van der Waals surface area contributed by atoms with Crippen LogP contribution in [0.4, 0.5) is 21.0 Å². The van der Waals surface area contributed by atoms with E-state index in [9.17, 15) is 19.2 Å². The standard InChI is InChI=1S/C21H18N4O3.C11H7N3O.C10H13NO3/c1-2-28-21(27)23-18-5-3-4-16(12-18)14-25-20(26)11-10-19(24-25)17-8-6-15(13-22)7-9-17;12-7-8-1-3-9(4-2-8)10-5-6-11(15)14-13-10;1-2-14-10(13)11-9-5-3-4-8(6-9)7-12/h3-12H,2,14H2,1H3,(H,23,27);1-6H,(H,14,15);3-6,12H,2,7H2,1H3,(H,11,13). The number of aliphatic hydroxyl groups excluding tert-OH is 1. The third-order valence-electron chi connectivity index (χ3n) is 7.58. The maximum absolute atomic E-state index is 12.2. The summed E-state index contributed by atoms with van der Waals surface area (Å²) in [6, 6.07) is 38.4. The minimum Gasteiger partial charge on any atom is -0.450 e. The first kappa shape index (κ1) is 41.9. The number of ether oxygens (including phenoxy) is 2. The number of aromatic nitrogens is 4. The third kappa shape index (κ3) is 13.5. The number of carbonyl (C=O) groups is 2. The molecule has 0 bridgehead atoms. The van der Waals surface area contributed by atoms with Gasteiger partial charge in [-0.25, -0.2) is 19.4 Å². The SMILES string of the molecule is CCOC(=O)Nc1cccc(CO)c1.CCOC(=O)Nc1cccc(Cn2nc(-c3ccc(C#N)cc3)ccc2=O)c1.N#Cc1ccc(-c2ccc(=O)[nH]n2)cc1. The first-order chi connectivity index (χ1) is 27.6. The summed E-state index contributed by atoms with van der Waals surface area (Å²) in [5, 5.41) is 42.2. The summed E-state index contributed by atoms with van der Waals surface area (Å²) in [5.41, 5.74) is 6.43. The summed E-state index contributed by atoms with van der Waals surface area (Å²) in [5.74, 6) is 0. The Hall–Kier alpha value is -7.88. The van der Waals surface area contributed by atoms with Crippen molar-refractivity contribution in [2.24, 2.45) is 0 Å². The lowest BCUT2D eigenvalue weighted by Gasteiger charge is -2.10. The number of nitrogens with one attached hydrogen (secondary N) is 3. The highest BCUT2D eigenvalue weighted by Crippen LogP contribution is 2.18. The number of carbonyl (C=O) groups excluding carboxylic acids is 2. The van der Waals surface area contributed by atoms with Crippen molar-refractivity contribution < 1.29 is 24.2 Å². The van der Waals surface area contributed by atoms with Crippen LogP contribution < -0.4 is 21.8 Å². The van der Waals surface area contributed by atoms with Gasteiger partial charge in [-0.1, -0.05) is 48.5 Å². The first-order valence-electron chi connectivity index (χ1n) is 17.5. The van der Waals surface area contributed by atoms with E-state index in [1.165, 1.54) is 16.8 Å². The number of aromatic amines is 1. The van der Waals surface area contributed by atoms with E-state index >= 15 is 0 Å². The zero-order valence-corrected chi connectivity index (χ0v) is 31.0. The lowest BCUT2D eigenvalue weighted by molar-refractivity contribution is 0.167. The van der Waals surface area contributed by atoms with Crippen molar-refractivity contribution in [3.05, 3.63) is 164 Å². The summed E-state index contributed by atoms with van der Waals surface area (Å²) in [6.45, 7) is 4.30. The molecule has 0 spiro atoms. The van der Waals surface area contributed by atoms with Crippen LogP contribution in [0.5, 0.6) is 0 Å². The number of benzene rings is 4. The van der Waals surface area contributed by atoms with Gasteiger partial charge in [0.25, 0.3) is 11.1 Å². The molecule has 0 saturated carbocycles. The smallest absolute Gasteiger partial charge is 0.411 e. The lowest BCUT2D eigenvalue weighted by Crippen LogP contribution is -2.23. The molecule has 2 heterocycles. The van der Waals surface area contributed by atoms with Gasteiger partial charge in [0, 0.05) is 34.6 Å². The molecule has 288 valence electrons. The average molecular weight is 767 g/mol. The molecule has 0 unspecified atom stereocenters. The Morgan fingerprint density at radius 1 is 0.702 bits per heavy atom. The highest BCUT2D eigenvalue weighted by atomic mass is 16.6. The van der Waals surface area contributed by atoms with Gasteiger partial charge in [0.2, 0.25) is 0 Å². The predicted molar refractivity (Wildman–Crippen MR) is 213 cm³/mol. The van der Waals surface area contributed by atoms with Crippen molar-refractivity contribution in [3.8, 4) is 34.7 Å². The van der Waals surface area contributed by atoms with Crippen molar-refractivity contribution in [2.45, 2.75) is 27.0 Å². The summed E-state index contributed by atoms with van der Waals surface area (Å²) in [7, 11) is 0. The van der Waals surface area contributed by atoms with Gasteiger partial charge >= 0.3 is 12.2 Å². The normalized spacial score (nSPS) is 9.84. The Kier molecular flexibility index (Phi) is 16.0. The van der Waals surface area contributed by atoms with E-state index < -0.39 is 12.2 Å². The molecular weight excluding hydrogens is 729 g/mol. The number of H-pyrrole nitrogens is 1. The van der Waals surface area contributed by atoms with E-state index in [0.717, 1.165) is 22.3 Å². The van der Waals surface area contributed by atoms with E-state index in [4.69, 9.17) is 25.1 Å². The molecule has 2 aromatic heterocycles. The van der Waals surface area contributed by atoms with E-state index in [2.05, 4.69) is 32.0 Å². The molecule has 0 saturated heterocycles. The molecule has 15 heteroatoms. The number of anilines is 2. The Morgan fingerprint density at radius 3 is 1.70 bits per heavy atom. The molecule has 0 fully saturated rings. The lowest BCUT2D eigenvalue weighted by atomic mass is 10.1. The number of aliphatic hydroxyl groups is 1. The molecule has 15 nitrogen and oxygen atoms in total. The summed E-state index contributed by atoms with van der Waals surface area (Å²) in [4.78, 5) is 45.6. The van der Waals surface area contributed by atoms with Crippen molar-refractivity contribution in [2.75, 3.05) is 23.8 Å². The van der Waals surface area contributed by atoms with Gasteiger partial charge in [-0.05, 0) is 85.6 Å². The molecule has 0 atom stereocenters. The number of hydrogen-bond acceptors (Lipinski definition) is 11. The minimum atomic E-state index is -0.530. The Balaban J connectivity index is 0.000000209. The maximum Gasteiger partial charge on any atom is 0.411 e. The average Bonchev–Trinajstić information content (AvgIpc) is 3.23. The van der Waals surface area contributed by atoms with Crippen molar-refractivity contribution in [1.82, 2.24) is 20.0 Å². The van der Waals surface area contributed by atoms with Gasteiger partial charge < -0.3 is 14.6 Å². The second kappa shape index (κ2) is 21.7. The molecular formula is C42H38N8O7. The fraction of sp³-hybridized carbons (Fsp3) is 0.143.